The molecule has 0 radical (unpaired) electrons. The SMILES string of the molecule is CSCC[C@H](NC(=O)C1(C)CCNC1)C(=O)O. The molecule has 1 amide bonds. The van der Waals surface area contributed by atoms with Crippen molar-refractivity contribution in [2.75, 3.05) is 25.1 Å². The summed E-state index contributed by atoms with van der Waals surface area (Å²) in [7, 11) is 0. The maximum Gasteiger partial charge on any atom is 0.326 e. The smallest absolute Gasteiger partial charge is 0.326 e. The second-order valence-electron chi connectivity index (χ2n) is 4.63. The molecule has 0 aromatic carbocycles. The third-order valence-electron chi connectivity index (χ3n) is 3.13. The van der Waals surface area contributed by atoms with Gasteiger partial charge in [-0.05, 0) is 38.3 Å². The van der Waals surface area contributed by atoms with Gasteiger partial charge in [0.1, 0.15) is 6.04 Å². The second kappa shape index (κ2) is 6.26. The van der Waals surface area contributed by atoms with Crippen molar-refractivity contribution in [2.45, 2.75) is 25.8 Å². The Morgan fingerprint density at radius 1 is 1.59 bits per heavy atom. The van der Waals surface area contributed by atoms with E-state index in [9.17, 15) is 9.59 Å². The van der Waals surface area contributed by atoms with Crippen LogP contribution in [0, 0.1) is 5.41 Å². The van der Waals surface area contributed by atoms with Crippen LogP contribution in [0.25, 0.3) is 0 Å². The van der Waals surface area contributed by atoms with Gasteiger partial charge in [-0.15, -0.1) is 0 Å². The number of carbonyl (C=O) groups excluding carboxylic acids is 1. The molecule has 1 saturated heterocycles. The Hall–Kier alpha value is -0.750. The number of hydrogen-bond donors (Lipinski definition) is 3. The highest BCUT2D eigenvalue weighted by molar-refractivity contribution is 7.98. The molecule has 0 aliphatic carbocycles. The number of carboxylic acids is 1. The molecule has 5 nitrogen and oxygen atoms in total. The molecule has 2 atom stereocenters. The van der Waals surface area contributed by atoms with E-state index >= 15 is 0 Å². The van der Waals surface area contributed by atoms with Crippen LogP contribution in [-0.4, -0.2) is 48.1 Å². The fraction of sp³-hybridized carbons (Fsp3) is 0.818. The zero-order valence-electron chi connectivity index (χ0n) is 10.3. The number of hydrogen-bond acceptors (Lipinski definition) is 4. The summed E-state index contributed by atoms with van der Waals surface area (Å²) in [4.78, 5) is 23.0. The normalized spacial score (nSPS) is 25.5. The first-order valence-corrected chi connectivity index (χ1v) is 7.12. The summed E-state index contributed by atoms with van der Waals surface area (Å²) in [5, 5.41) is 14.8. The van der Waals surface area contributed by atoms with Crippen molar-refractivity contribution in [3.63, 3.8) is 0 Å². The minimum Gasteiger partial charge on any atom is -0.480 e. The van der Waals surface area contributed by atoms with Crippen LogP contribution in [-0.2, 0) is 9.59 Å². The minimum atomic E-state index is -0.957. The molecule has 0 aromatic heterocycles. The first-order valence-electron chi connectivity index (χ1n) is 5.73. The summed E-state index contributed by atoms with van der Waals surface area (Å²) in [6.45, 7) is 3.30. The fourth-order valence-electron chi connectivity index (χ4n) is 1.84. The summed E-state index contributed by atoms with van der Waals surface area (Å²) in [5.41, 5.74) is -0.465. The van der Waals surface area contributed by atoms with Crippen molar-refractivity contribution in [1.82, 2.24) is 10.6 Å². The number of thioether (sulfide) groups is 1. The van der Waals surface area contributed by atoms with Crippen LogP contribution in [0.15, 0.2) is 0 Å². The molecule has 0 spiro atoms. The van der Waals surface area contributed by atoms with Crippen LogP contribution < -0.4 is 10.6 Å². The highest BCUT2D eigenvalue weighted by Gasteiger charge is 2.37. The maximum atomic E-state index is 12.0. The van der Waals surface area contributed by atoms with E-state index in [2.05, 4.69) is 10.6 Å². The maximum absolute atomic E-state index is 12.0. The number of rotatable bonds is 6. The summed E-state index contributed by atoms with van der Waals surface area (Å²) in [5.74, 6) is -0.385. The molecule has 0 aromatic rings. The molecule has 1 aliphatic rings. The van der Waals surface area contributed by atoms with E-state index in [0.29, 0.717) is 13.0 Å². The van der Waals surface area contributed by atoms with Gasteiger partial charge in [0.05, 0.1) is 5.41 Å². The molecule has 3 N–H and O–H groups in total. The van der Waals surface area contributed by atoms with E-state index in [1.54, 1.807) is 11.8 Å². The average Bonchev–Trinajstić information content (AvgIpc) is 2.72. The molecular weight excluding hydrogens is 240 g/mol. The monoisotopic (exact) mass is 260 g/mol. The Labute approximate surface area is 106 Å². The lowest BCUT2D eigenvalue weighted by Gasteiger charge is -2.24. The first-order chi connectivity index (χ1) is 7.99. The van der Waals surface area contributed by atoms with Crippen molar-refractivity contribution in [2.24, 2.45) is 5.41 Å². The lowest BCUT2D eigenvalue weighted by molar-refractivity contribution is -0.143. The summed E-state index contributed by atoms with van der Waals surface area (Å²) in [6.07, 6.45) is 3.14. The molecule has 17 heavy (non-hydrogen) atoms. The van der Waals surface area contributed by atoms with Gasteiger partial charge in [-0.3, -0.25) is 4.79 Å². The number of nitrogens with one attached hydrogen (secondary N) is 2. The van der Waals surface area contributed by atoms with Gasteiger partial charge in [0.2, 0.25) is 5.91 Å². The molecule has 1 aliphatic heterocycles. The predicted octanol–water partition coefficient (Wildman–Crippen LogP) is 0.309. The van der Waals surface area contributed by atoms with Gasteiger partial charge in [-0.2, -0.15) is 11.8 Å². The van der Waals surface area contributed by atoms with Gasteiger partial charge in [0, 0.05) is 6.54 Å². The Morgan fingerprint density at radius 2 is 2.29 bits per heavy atom. The number of carbonyl (C=O) groups is 2. The van der Waals surface area contributed by atoms with E-state index in [4.69, 9.17) is 5.11 Å². The molecular formula is C11H20N2O3S. The first kappa shape index (κ1) is 14.3. The molecule has 1 fully saturated rings. The summed E-state index contributed by atoms with van der Waals surface area (Å²) < 4.78 is 0. The standard InChI is InChI=1S/C11H20N2O3S/c1-11(4-5-12-7-11)10(16)13-8(9(14)15)3-6-17-2/h8,12H,3-7H2,1-2H3,(H,13,16)(H,14,15)/t8-,11?/m0/s1. The average molecular weight is 260 g/mol. The Bertz CT molecular complexity index is 290. The molecule has 0 bridgehead atoms. The number of aliphatic carboxylic acids is 1. The molecule has 1 rings (SSSR count). The van der Waals surface area contributed by atoms with Gasteiger partial charge in [-0.25, -0.2) is 4.79 Å². The quantitative estimate of drug-likeness (QED) is 0.640. The lowest BCUT2D eigenvalue weighted by Crippen LogP contribution is -2.48. The zero-order valence-corrected chi connectivity index (χ0v) is 11.1. The van der Waals surface area contributed by atoms with Crippen LogP contribution in [0.2, 0.25) is 0 Å². The van der Waals surface area contributed by atoms with Crippen LogP contribution in [0.5, 0.6) is 0 Å². The van der Waals surface area contributed by atoms with Crippen molar-refractivity contribution in [1.29, 1.82) is 0 Å². The lowest BCUT2D eigenvalue weighted by atomic mass is 9.88. The van der Waals surface area contributed by atoms with Gasteiger partial charge >= 0.3 is 5.97 Å². The summed E-state index contributed by atoms with van der Waals surface area (Å²) in [6, 6.07) is -0.771. The van der Waals surface area contributed by atoms with Crippen LogP contribution in [0.4, 0.5) is 0 Å². The Balaban J connectivity index is 2.54. The van der Waals surface area contributed by atoms with Crippen molar-refractivity contribution in [3.8, 4) is 0 Å². The van der Waals surface area contributed by atoms with E-state index in [-0.39, 0.29) is 5.91 Å². The van der Waals surface area contributed by atoms with E-state index in [0.717, 1.165) is 18.7 Å². The van der Waals surface area contributed by atoms with Gasteiger partial charge in [-0.1, -0.05) is 0 Å². The van der Waals surface area contributed by atoms with E-state index in [1.165, 1.54) is 0 Å². The molecule has 6 heteroatoms. The third kappa shape index (κ3) is 3.89. The van der Waals surface area contributed by atoms with E-state index in [1.807, 2.05) is 13.2 Å². The molecule has 0 saturated carbocycles. The van der Waals surface area contributed by atoms with Crippen LogP contribution >= 0.6 is 11.8 Å². The van der Waals surface area contributed by atoms with Crippen LogP contribution in [0.1, 0.15) is 19.8 Å². The molecule has 98 valence electrons. The van der Waals surface area contributed by atoms with Gasteiger partial charge < -0.3 is 15.7 Å². The van der Waals surface area contributed by atoms with Gasteiger partial charge in [0.25, 0.3) is 0 Å². The van der Waals surface area contributed by atoms with Gasteiger partial charge in [0.15, 0.2) is 0 Å². The third-order valence-corrected chi connectivity index (χ3v) is 3.77. The zero-order chi connectivity index (χ0) is 12.9. The van der Waals surface area contributed by atoms with E-state index < -0.39 is 17.4 Å². The number of carboxylic acid groups (broad SMARTS) is 1. The molecule has 1 heterocycles. The largest absolute Gasteiger partial charge is 0.480 e. The highest BCUT2D eigenvalue weighted by Crippen LogP contribution is 2.24. The Morgan fingerprint density at radius 3 is 2.76 bits per heavy atom. The highest BCUT2D eigenvalue weighted by atomic mass is 32.2. The molecule has 1 unspecified atom stereocenters. The predicted molar refractivity (Wildman–Crippen MR) is 68.2 cm³/mol. The van der Waals surface area contributed by atoms with Crippen molar-refractivity contribution >= 4 is 23.6 Å². The van der Waals surface area contributed by atoms with Crippen LogP contribution in [0.3, 0.4) is 0 Å². The van der Waals surface area contributed by atoms with Crippen molar-refractivity contribution < 1.29 is 14.7 Å². The number of amides is 1. The Kier molecular flexibility index (Phi) is 5.27. The fourth-order valence-corrected chi connectivity index (χ4v) is 2.31. The topological polar surface area (TPSA) is 78.4 Å². The minimum absolute atomic E-state index is 0.156. The van der Waals surface area contributed by atoms with Crippen molar-refractivity contribution in [3.05, 3.63) is 0 Å². The summed E-state index contributed by atoms with van der Waals surface area (Å²) >= 11 is 1.58. The second-order valence-corrected chi connectivity index (χ2v) is 5.62.